The van der Waals surface area contributed by atoms with E-state index in [0.717, 1.165) is 0 Å². The van der Waals surface area contributed by atoms with Crippen molar-refractivity contribution in [2.45, 2.75) is 6.54 Å². The summed E-state index contributed by atoms with van der Waals surface area (Å²) < 4.78 is 1.73. The van der Waals surface area contributed by atoms with Crippen LogP contribution < -0.4 is 5.73 Å². The van der Waals surface area contributed by atoms with Gasteiger partial charge in [0, 0.05) is 19.3 Å². The van der Waals surface area contributed by atoms with Gasteiger partial charge in [-0.1, -0.05) is 0 Å². The van der Waals surface area contributed by atoms with Crippen molar-refractivity contribution in [1.29, 1.82) is 0 Å². The molecular formula is C8H9N3O. The van der Waals surface area contributed by atoms with E-state index in [0.29, 0.717) is 18.8 Å². The van der Waals surface area contributed by atoms with Gasteiger partial charge in [-0.05, 0) is 5.92 Å². The Kier molecular flexibility index (Phi) is 2.62. The lowest BCUT2D eigenvalue weighted by molar-refractivity contribution is 0.105. The van der Waals surface area contributed by atoms with E-state index in [-0.39, 0.29) is 0 Å². The highest BCUT2D eigenvalue weighted by Crippen LogP contribution is 1.95. The average molecular weight is 163 g/mol. The van der Waals surface area contributed by atoms with Crippen molar-refractivity contribution in [1.82, 2.24) is 9.55 Å². The van der Waals surface area contributed by atoms with Crippen LogP contribution in [-0.2, 0) is 6.54 Å². The fourth-order valence-corrected chi connectivity index (χ4v) is 0.823. The van der Waals surface area contributed by atoms with Gasteiger partial charge in [0.1, 0.15) is 5.69 Å². The molecule has 0 aliphatic rings. The zero-order valence-corrected chi connectivity index (χ0v) is 6.53. The molecule has 1 aromatic rings. The Bertz CT molecular complexity index is 321. The highest BCUT2D eigenvalue weighted by Gasteiger charge is 2.04. The van der Waals surface area contributed by atoms with E-state index in [1.165, 1.54) is 6.33 Å². The van der Waals surface area contributed by atoms with E-state index in [9.17, 15) is 4.79 Å². The first-order chi connectivity index (χ1) is 5.77. The number of carbonyl (C=O) groups is 1. The van der Waals surface area contributed by atoms with Gasteiger partial charge in [0.2, 0.25) is 0 Å². The molecule has 0 saturated carbocycles. The van der Waals surface area contributed by atoms with Crippen LogP contribution in [0.15, 0.2) is 12.5 Å². The van der Waals surface area contributed by atoms with Gasteiger partial charge >= 0.3 is 0 Å². The predicted molar refractivity (Wildman–Crippen MR) is 44.4 cm³/mol. The molecular weight excluding hydrogens is 154 g/mol. The second-order valence-corrected chi connectivity index (χ2v) is 2.26. The fraction of sp³-hybridized carbons (Fsp3) is 0.250. The summed E-state index contributed by atoms with van der Waals surface area (Å²) in [5.41, 5.74) is 5.60. The van der Waals surface area contributed by atoms with Crippen molar-refractivity contribution in [3.05, 3.63) is 18.2 Å². The van der Waals surface area contributed by atoms with Crippen LogP contribution in [0, 0.1) is 12.3 Å². The third-order valence-electron chi connectivity index (χ3n) is 1.38. The van der Waals surface area contributed by atoms with Crippen molar-refractivity contribution < 1.29 is 4.79 Å². The van der Waals surface area contributed by atoms with Crippen LogP contribution in [0.4, 0.5) is 0 Å². The SMILES string of the molecule is C#CC(=O)c1cn(CCN)cn1. The summed E-state index contributed by atoms with van der Waals surface area (Å²) >= 11 is 0. The van der Waals surface area contributed by atoms with Crippen LogP contribution in [0.5, 0.6) is 0 Å². The van der Waals surface area contributed by atoms with E-state index in [1.807, 2.05) is 5.92 Å². The summed E-state index contributed by atoms with van der Waals surface area (Å²) in [5, 5.41) is 0. The molecule has 0 amide bonds. The number of imidazole rings is 1. The van der Waals surface area contributed by atoms with Gasteiger partial charge in [0.25, 0.3) is 5.78 Å². The number of Topliss-reactive ketones (excluding diaryl/α,β-unsaturated/α-hetero) is 1. The predicted octanol–water partition coefficient (Wildman–Crippen LogP) is -0.342. The number of hydrogen-bond acceptors (Lipinski definition) is 3. The number of hydrogen-bond donors (Lipinski definition) is 1. The first-order valence-electron chi connectivity index (χ1n) is 3.50. The lowest BCUT2D eigenvalue weighted by Crippen LogP contribution is -2.07. The normalized spacial score (nSPS) is 9.33. The Morgan fingerprint density at radius 3 is 3.17 bits per heavy atom. The number of terminal acetylenes is 1. The van der Waals surface area contributed by atoms with Gasteiger partial charge in [-0.25, -0.2) is 4.98 Å². The van der Waals surface area contributed by atoms with Gasteiger partial charge < -0.3 is 10.3 Å². The Labute approximate surface area is 70.4 Å². The summed E-state index contributed by atoms with van der Waals surface area (Å²) in [6.45, 7) is 1.16. The zero-order valence-electron chi connectivity index (χ0n) is 6.53. The monoisotopic (exact) mass is 163 g/mol. The van der Waals surface area contributed by atoms with E-state index in [4.69, 9.17) is 12.2 Å². The largest absolute Gasteiger partial charge is 0.335 e. The Balaban J connectivity index is 2.78. The minimum Gasteiger partial charge on any atom is -0.335 e. The first kappa shape index (κ1) is 8.50. The number of ketones is 1. The lowest BCUT2D eigenvalue weighted by atomic mass is 10.3. The number of nitrogens with two attached hydrogens (primary N) is 1. The van der Waals surface area contributed by atoms with Crippen LogP contribution in [0.3, 0.4) is 0 Å². The van der Waals surface area contributed by atoms with Crippen molar-refractivity contribution >= 4 is 5.78 Å². The van der Waals surface area contributed by atoms with Crippen LogP contribution in [0.2, 0.25) is 0 Å². The molecule has 0 radical (unpaired) electrons. The third kappa shape index (κ3) is 1.71. The Morgan fingerprint density at radius 1 is 1.83 bits per heavy atom. The van der Waals surface area contributed by atoms with Gasteiger partial charge in [0.05, 0.1) is 6.33 Å². The van der Waals surface area contributed by atoms with Crippen LogP contribution in [0.1, 0.15) is 10.5 Å². The molecule has 2 N–H and O–H groups in total. The van der Waals surface area contributed by atoms with E-state index in [2.05, 4.69) is 4.98 Å². The summed E-state index contributed by atoms with van der Waals surface area (Å²) in [7, 11) is 0. The molecule has 0 aliphatic heterocycles. The number of carbonyl (C=O) groups excluding carboxylic acids is 1. The Morgan fingerprint density at radius 2 is 2.58 bits per heavy atom. The maximum absolute atomic E-state index is 10.9. The molecule has 0 fully saturated rings. The maximum atomic E-state index is 10.9. The summed E-state index contributed by atoms with van der Waals surface area (Å²) in [5.74, 6) is 1.59. The molecule has 4 heteroatoms. The molecule has 4 nitrogen and oxygen atoms in total. The maximum Gasteiger partial charge on any atom is 0.255 e. The molecule has 62 valence electrons. The van der Waals surface area contributed by atoms with E-state index < -0.39 is 5.78 Å². The number of nitrogens with zero attached hydrogens (tertiary/aromatic N) is 2. The molecule has 0 atom stereocenters. The number of aromatic nitrogens is 2. The topological polar surface area (TPSA) is 60.9 Å². The van der Waals surface area contributed by atoms with E-state index >= 15 is 0 Å². The third-order valence-corrected chi connectivity index (χ3v) is 1.38. The summed E-state index contributed by atoms with van der Waals surface area (Å²) in [4.78, 5) is 14.7. The van der Waals surface area contributed by atoms with Crippen LogP contribution in [0.25, 0.3) is 0 Å². The highest BCUT2D eigenvalue weighted by molar-refractivity contribution is 6.07. The minimum absolute atomic E-state index is 0.297. The molecule has 1 rings (SSSR count). The van der Waals surface area contributed by atoms with Crippen LogP contribution in [-0.4, -0.2) is 21.9 Å². The van der Waals surface area contributed by atoms with Crippen molar-refractivity contribution in [2.24, 2.45) is 5.73 Å². The van der Waals surface area contributed by atoms with Crippen molar-refractivity contribution in [3.63, 3.8) is 0 Å². The second kappa shape index (κ2) is 3.69. The molecule has 1 heterocycles. The first-order valence-corrected chi connectivity index (χ1v) is 3.50. The molecule has 0 aromatic carbocycles. The van der Waals surface area contributed by atoms with Crippen molar-refractivity contribution in [3.8, 4) is 12.3 Å². The smallest absolute Gasteiger partial charge is 0.255 e. The molecule has 0 spiro atoms. The molecule has 0 bridgehead atoms. The molecule has 12 heavy (non-hydrogen) atoms. The van der Waals surface area contributed by atoms with Gasteiger partial charge in [0.15, 0.2) is 0 Å². The Hall–Kier alpha value is -1.60. The number of rotatable bonds is 3. The van der Waals surface area contributed by atoms with Gasteiger partial charge in [-0.15, -0.1) is 6.42 Å². The molecule has 0 unspecified atom stereocenters. The fourth-order valence-electron chi connectivity index (χ4n) is 0.823. The molecule has 0 saturated heterocycles. The molecule has 0 aliphatic carbocycles. The summed E-state index contributed by atoms with van der Waals surface area (Å²) in [6, 6.07) is 0. The quantitative estimate of drug-likeness (QED) is 0.376. The zero-order chi connectivity index (χ0) is 8.97. The van der Waals surface area contributed by atoms with Crippen molar-refractivity contribution in [2.75, 3.05) is 6.54 Å². The van der Waals surface area contributed by atoms with E-state index in [1.54, 1.807) is 10.8 Å². The summed E-state index contributed by atoms with van der Waals surface area (Å²) in [6.07, 6.45) is 8.05. The van der Waals surface area contributed by atoms with Gasteiger partial charge in [-0.2, -0.15) is 0 Å². The second-order valence-electron chi connectivity index (χ2n) is 2.26. The highest BCUT2D eigenvalue weighted by atomic mass is 16.1. The van der Waals surface area contributed by atoms with Gasteiger partial charge in [-0.3, -0.25) is 4.79 Å². The standard InChI is InChI=1S/C8H9N3O/c1-2-8(12)7-5-11(4-3-9)6-10-7/h1,5-6H,3-4,9H2. The minimum atomic E-state index is -0.397. The average Bonchev–Trinajstić information content (AvgIpc) is 2.52. The molecule has 1 aromatic heterocycles. The lowest BCUT2D eigenvalue weighted by Gasteiger charge is -1.94. The van der Waals surface area contributed by atoms with Crippen LogP contribution >= 0.6 is 0 Å².